The van der Waals surface area contributed by atoms with E-state index in [9.17, 15) is 5.26 Å². The van der Waals surface area contributed by atoms with Crippen LogP contribution in [-0.4, -0.2) is 0 Å². The minimum absolute atomic E-state index is 0.114. The quantitative estimate of drug-likeness (QED) is 0.483. The van der Waals surface area contributed by atoms with Gasteiger partial charge in [-0.2, -0.15) is 5.26 Å². The van der Waals surface area contributed by atoms with Gasteiger partial charge in [-0.15, -0.1) is 0 Å². The van der Waals surface area contributed by atoms with Gasteiger partial charge in [-0.3, -0.25) is 0 Å². The van der Waals surface area contributed by atoms with Crippen LogP contribution in [0.3, 0.4) is 0 Å². The molecule has 0 amide bonds. The van der Waals surface area contributed by atoms with Crippen LogP contribution in [0.15, 0.2) is 91.0 Å². The zero-order valence-corrected chi connectivity index (χ0v) is 13.1. The van der Waals surface area contributed by atoms with Gasteiger partial charge in [0.25, 0.3) is 0 Å². The molecule has 0 aliphatic rings. The van der Waals surface area contributed by atoms with Gasteiger partial charge < -0.3 is 0 Å². The SMILES string of the molecule is N#CPC(c1ccccc1)(c1ccccc1)c1ccccc1. The van der Waals surface area contributed by atoms with Crippen molar-refractivity contribution in [3.05, 3.63) is 108 Å². The van der Waals surface area contributed by atoms with Crippen molar-refractivity contribution in [1.82, 2.24) is 0 Å². The van der Waals surface area contributed by atoms with Gasteiger partial charge in [0.2, 0.25) is 0 Å². The lowest BCUT2D eigenvalue weighted by Crippen LogP contribution is -2.23. The Morgan fingerprint density at radius 3 is 1.18 bits per heavy atom. The van der Waals surface area contributed by atoms with Gasteiger partial charge >= 0.3 is 0 Å². The van der Waals surface area contributed by atoms with E-state index < -0.39 is 5.16 Å². The first-order valence-corrected chi connectivity index (χ1v) is 8.21. The first-order chi connectivity index (χ1) is 10.9. The molecule has 3 aromatic rings. The number of benzene rings is 3. The molecule has 1 nitrogen and oxygen atoms in total. The predicted molar refractivity (Wildman–Crippen MR) is 93.1 cm³/mol. The zero-order chi connectivity index (χ0) is 15.3. The first-order valence-electron chi connectivity index (χ1n) is 7.21. The average Bonchev–Trinajstić information content (AvgIpc) is 2.62. The summed E-state index contributed by atoms with van der Waals surface area (Å²) >= 11 is 0. The number of nitriles is 1. The standard InChI is InChI=1S/C20H16NP/c21-16-22-20(17-10-4-1-5-11-17,18-12-6-2-7-13-18)19-14-8-3-9-15-19/h1-15,22H. The molecule has 1 unspecified atom stereocenters. The van der Waals surface area contributed by atoms with Crippen LogP contribution < -0.4 is 0 Å². The highest BCUT2D eigenvalue weighted by Crippen LogP contribution is 2.51. The summed E-state index contributed by atoms with van der Waals surface area (Å²) in [7, 11) is 0.114. The lowest BCUT2D eigenvalue weighted by molar-refractivity contribution is 0.891. The van der Waals surface area contributed by atoms with Crippen LogP contribution in [-0.2, 0) is 5.16 Å². The summed E-state index contributed by atoms with van der Waals surface area (Å²) in [6, 6.07) is 31.0. The Balaban J connectivity index is 2.32. The molecule has 106 valence electrons. The third kappa shape index (κ3) is 2.54. The van der Waals surface area contributed by atoms with Gasteiger partial charge in [-0.25, -0.2) is 0 Å². The molecule has 0 heterocycles. The molecular formula is C20H16NP. The maximum Gasteiger partial charge on any atom is 0.0854 e. The van der Waals surface area contributed by atoms with E-state index in [2.05, 4.69) is 42.2 Å². The van der Waals surface area contributed by atoms with Gasteiger partial charge in [-0.05, 0) is 16.7 Å². The van der Waals surface area contributed by atoms with E-state index in [1.807, 2.05) is 54.6 Å². The Kier molecular flexibility index (Phi) is 4.33. The molecule has 0 N–H and O–H groups in total. The lowest BCUT2D eigenvalue weighted by Gasteiger charge is -2.33. The predicted octanol–water partition coefficient (Wildman–Crippen LogP) is 5.14. The topological polar surface area (TPSA) is 23.8 Å². The number of nitrogens with zero attached hydrogens (tertiary/aromatic N) is 1. The molecule has 0 spiro atoms. The molecule has 0 saturated carbocycles. The van der Waals surface area contributed by atoms with Gasteiger partial charge in [0.1, 0.15) is 0 Å². The van der Waals surface area contributed by atoms with Crippen molar-refractivity contribution in [2.24, 2.45) is 0 Å². The number of hydrogen-bond donors (Lipinski definition) is 0. The van der Waals surface area contributed by atoms with Crippen molar-refractivity contribution in [3.63, 3.8) is 0 Å². The van der Waals surface area contributed by atoms with Crippen LogP contribution >= 0.6 is 8.58 Å². The van der Waals surface area contributed by atoms with Crippen LogP contribution in [0, 0.1) is 11.1 Å². The van der Waals surface area contributed by atoms with Gasteiger partial charge in [-0.1, -0.05) is 91.0 Å². The van der Waals surface area contributed by atoms with Crippen molar-refractivity contribution in [1.29, 1.82) is 5.26 Å². The molecule has 0 saturated heterocycles. The summed E-state index contributed by atoms with van der Waals surface area (Å²) in [6.45, 7) is 0. The summed E-state index contributed by atoms with van der Waals surface area (Å²) < 4.78 is 0. The fourth-order valence-corrected chi connectivity index (χ4v) is 3.97. The highest BCUT2D eigenvalue weighted by atomic mass is 31.1. The maximum atomic E-state index is 9.55. The highest BCUT2D eigenvalue weighted by Gasteiger charge is 2.36. The molecule has 0 bridgehead atoms. The molecule has 3 rings (SSSR count). The summed E-state index contributed by atoms with van der Waals surface area (Å²) in [5, 5.41) is 9.14. The first kappa shape index (κ1) is 14.5. The van der Waals surface area contributed by atoms with Crippen molar-refractivity contribution >= 4 is 8.58 Å². The molecule has 0 aliphatic carbocycles. The van der Waals surface area contributed by atoms with Crippen molar-refractivity contribution in [2.45, 2.75) is 5.16 Å². The molecule has 0 radical (unpaired) electrons. The van der Waals surface area contributed by atoms with Crippen molar-refractivity contribution < 1.29 is 0 Å². The lowest BCUT2D eigenvalue weighted by atomic mass is 9.84. The number of hydrogen-bond acceptors (Lipinski definition) is 1. The Labute approximate surface area is 133 Å². The van der Waals surface area contributed by atoms with E-state index in [1.54, 1.807) is 0 Å². The number of rotatable bonds is 4. The Morgan fingerprint density at radius 1 is 0.591 bits per heavy atom. The smallest absolute Gasteiger partial charge is 0.0854 e. The molecule has 0 fully saturated rings. The van der Waals surface area contributed by atoms with Crippen molar-refractivity contribution in [3.8, 4) is 5.81 Å². The largest absolute Gasteiger partial charge is 0.194 e. The van der Waals surface area contributed by atoms with Gasteiger partial charge in [0.05, 0.1) is 11.0 Å². The summed E-state index contributed by atoms with van der Waals surface area (Å²) in [5.74, 6) is 2.43. The Morgan fingerprint density at radius 2 is 0.909 bits per heavy atom. The second kappa shape index (κ2) is 6.56. The second-order valence-electron chi connectivity index (χ2n) is 5.08. The molecule has 1 atom stereocenters. The molecule has 22 heavy (non-hydrogen) atoms. The van der Waals surface area contributed by atoms with E-state index in [-0.39, 0.29) is 8.58 Å². The van der Waals surface area contributed by atoms with E-state index in [0.717, 1.165) is 16.7 Å². The third-order valence-corrected chi connectivity index (χ3v) is 5.22. The van der Waals surface area contributed by atoms with Crippen LogP contribution in [0.4, 0.5) is 0 Å². The van der Waals surface area contributed by atoms with Crippen LogP contribution in [0.1, 0.15) is 16.7 Å². The summed E-state index contributed by atoms with van der Waals surface area (Å²) in [6.07, 6.45) is 0. The molecule has 0 aromatic heterocycles. The summed E-state index contributed by atoms with van der Waals surface area (Å²) in [5.41, 5.74) is 3.48. The van der Waals surface area contributed by atoms with E-state index in [4.69, 9.17) is 0 Å². The normalized spacial score (nSPS) is 11.4. The molecule has 3 aromatic carbocycles. The zero-order valence-electron chi connectivity index (χ0n) is 12.1. The van der Waals surface area contributed by atoms with Crippen LogP contribution in [0.2, 0.25) is 0 Å². The third-order valence-electron chi connectivity index (χ3n) is 3.86. The van der Waals surface area contributed by atoms with E-state index >= 15 is 0 Å². The van der Waals surface area contributed by atoms with E-state index in [1.165, 1.54) is 0 Å². The molecular weight excluding hydrogens is 285 g/mol. The highest BCUT2D eigenvalue weighted by molar-refractivity contribution is 7.45. The minimum atomic E-state index is -0.404. The minimum Gasteiger partial charge on any atom is -0.194 e. The Bertz CT molecular complexity index is 664. The van der Waals surface area contributed by atoms with E-state index in [0.29, 0.717) is 0 Å². The fourth-order valence-electron chi connectivity index (χ4n) is 2.86. The average molecular weight is 301 g/mol. The molecule has 0 aliphatic heterocycles. The summed E-state index contributed by atoms with van der Waals surface area (Å²) in [4.78, 5) is 0. The van der Waals surface area contributed by atoms with Crippen LogP contribution in [0.25, 0.3) is 0 Å². The second-order valence-corrected chi connectivity index (χ2v) is 6.31. The fraction of sp³-hybridized carbons (Fsp3) is 0.0500. The Hall–Kier alpha value is -2.42. The van der Waals surface area contributed by atoms with Crippen LogP contribution in [0.5, 0.6) is 0 Å². The maximum absolute atomic E-state index is 9.55. The molecule has 2 heteroatoms. The monoisotopic (exact) mass is 301 g/mol. The van der Waals surface area contributed by atoms with Gasteiger partial charge in [0.15, 0.2) is 0 Å². The van der Waals surface area contributed by atoms with Crippen molar-refractivity contribution in [2.75, 3.05) is 0 Å². The van der Waals surface area contributed by atoms with Gasteiger partial charge in [0, 0.05) is 8.58 Å².